The van der Waals surface area contributed by atoms with Crippen LogP contribution in [-0.4, -0.2) is 20.1 Å². The summed E-state index contributed by atoms with van der Waals surface area (Å²) < 4.78 is 27.6. The van der Waals surface area contributed by atoms with Crippen molar-refractivity contribution in [3.63, 3.8) is 0 Å². The molecule has 0 aromatic heterocycles. The number of benzene rings is 1. The Morgan fingerprint density at radius 2 is 2.00 bits per heavy atom. The van der Waals surface area contributed by atoms with Crippen LogP contribution in [-0.2, 0) is 23.1 Å². The van der Waals surface area contributed by atoms with Crippen LogP contribution < -0.4 is 4.72 Å². The molecule has 1 saturated carbocycles. The van der Waals surface area contributed by atoms with Gasteiger partial charge in [-0.3, -0.25) is 0 Å². The lowest BCUT2D eigenvalue weighted by atomic mass is 10.1. The smallest absolute Gasteiger partial charge is 0.240 e. The lowest BCUT2D eigenvalue weighted by molar-refractivity contribution is 0.281. The molecule has 1 aliphatic rings. The Hall–Kier alpha value is -0.910. The zero-order valence-electron chi connectivity index (χ0n) is 12.6. The summed E-state index contributed by atoms with van der Waals surface area (Å²) in [6.45, 7) is 2.29. The van der Waals surface area contributed by atoms with Crippen molar-refractivity contribution >= 4 is 10.0 Å². The fraction of sp³-hybridized carbons (Fsp3) is 0.625. The summed E-state index contributed by atoms with van der Waals surface area (Å²) in [6.07, 6.45) is 6.57. The number of rotatable bonds is 7. The molecule has 0 spiro atoms. The number of aliphatic hydroxyl groups is 1. The van der Waals surface area contributed by atoms with Gasteiger partial charge >= 0.3 is 0 Å². The van der Waals surface area contributed by atoms with Gasteiger partial charge in [-0.2, -0.15) is 0 Å². The van der Waals surface area contributed by atoms with E-state index in [0.717, 1.165) is 12.0 Å². The van der Waals surface area contributed by atoms with E-state index in [9.17, 15) is 13.5 Å². The van der Waals surface area contributed by atoms with E-state index >= 15 is 0 Å². The Balaban J connectivity index is 2.06. The van der Waals surface area contributed by atoms with Gasteiger partial charge < -0.3 is 5.11 Å². The van der Waals surface area contributed by atoms with Crippen LogP contribution in [0.1, 0.15) is 50.2 Å². The van der Waals surface area contributed by atoms with Crippen molar-refractivity contribution in [1.82, 2.24) is 4.72 Å². The van der Waals surface area contributed by atoms with Crippen LogP contribution in [0.15, 0.2) is 23.1 Å². The van der Waals surface area contributed by atoms with Crippen molar-refractivity contribution in [1.29, 1.82) is 0 Å². The van der Waals surface area contributed by atoms with E-state index in [-0.39, 0.29) is 6.61 Å². The van der Waals surface area contributed by atoms with E-state index in [2.05, 4.69) is 4.72 Å². The molecule has 1 aromatic carbocycles. The third-order valence-corrected chi connectivity index (χ3v) is 5.85. The van der Waals surface area contributed by atoms with Crippen molar-refractivity contribution in [2.24, 2.45) is 5.92 Å². The molecular weight excluding hydrogens is 286 g/mol. The van der Waals surface area contributed by atoms with Gasteiger partial charge in [0.05, 0.1) is 11.5 Å². The standard InChI is InChI=1S/C16H25NO3S/c1-2-15-8-7-14(12-18)11-16(15)21(19,20)17-10-9-13-5-3-4-6-13/h7-8,11,13,17-18H,2-6,9-10,12H2,1H3. The lowest BCUT2D eigenvalue weighted by Gasteiger charge is -2.13. The van der Waals surface area contributed by atoms with Crippen LogP contribution in [0.25, 0.3) is 0 Å². The summed E-state index contributed by atoms with van der Waals surface area (Å²) >= 11 is 0. The topological polar surface area (TPSA) is 66.4 Å². The average Bonchev–Trinajstić information content (AvgIpc) is 2.99. The van der Waals surface area contributed by atoms with Crippen LogP contribution in [0.4, 0.5) is 0 Å². The molecule has 4 nitrogen and oxygen atoms in total. The van der Waals surface area contributed by atoms with Gasteiger partial charge in [-0.25, -0.2) is 13.1 Å². The van der Waals surface area contributed by atoms with E-state index in [1.54, 1.807) is 18.2 Å². The van der Waals surface area contributed by atoms with Gasteiger partial charge in [-0.05, 0) is 36.0 Å². The van der Waals surface area contributed by atoms with E-state index < -0.39 is 10.0 Å². The summed E-state index contributed by atoms with van der Waals surface area (Å²) in [4.78, 5) is 0.308. The Morgan fingerprint density at radius 3 is 2.62 bits per heavy atom. The van der Waals surface area contributed by atoms with Gasteiger partial charge in [0.25, 0.3) is 0 Å². The molecule has 0 amide bonds. The highest BCUT2D eigenvalue weighted by atomic mass is 32.2. The zero-order valence-corrected chi connectivity index (χ0v) is 13.5. The van der Waals surface area contributed by atoms with E-state index in [0.29, 0.717) is 29.3 Å². The molecule has 0 saturated heterocycles. The van der Waals surface area contributed by atoms with Crippen LogP contribution >= 0.6 is 0 Å². The van der Waals surface area contributed by atoms with Gasteiger partial charge in [0, 0.05) is 6.54 Å². The van der Waals surface area contributed by atoms with Crippen molar-refractivity contribution < 1.29 is 13.5 Å². The summed E-state index contributed by atoms with van der Waals surface area (Å²) in [5.41, 5.74) is 1.42. The molecule has 2 N–H and O–H groups in total. The number of sulfonamides is 1. The maximum atomic E-state index is 12.5. The van der Waals surface area contributed by atoms with Crippen molar-refractivity contribution in [3.8, 4) is 0 Å². The molecule has 1 aliphatic carbocycles. The lowest BCUT2D eigenvalue weighted by Crippen LogP contribution is -2.27. The summed E-state index contributed by atoms with van der Waals surface area (Å²) in [7, 11) is -3.49. The molecule has 0 unspecified atom stereocenters. The first-order chi connectivity index (χ1) is 10.1. The van der Waals surface area contributed by atoms with Crippen LogP contribution in [0, 0.1) is 5.92 Å². The molecule has 118 valence electrons. The number of hydrogen-bond donors (Lipinski definition) is 2. The number of nitrogens with one attached hydrogen (secondary N) is 1. The maximum Gasteiger partial charge on any atom is 0.240 e. The van der Waals surface area contributed by atoms with Crippen LogP contribution in [0.2, 0.25) is 0 Å². The third kappa shape index (κ3) is 4.28. The second kappa shape index (κ2) is 7.38. The molecule has 5 heteroatoms. The van der Waals surface area contributed by atoms with E-state index in [1.807, 2.05) is 6.92 Å². The molecule has 1 aromatic rings. The average molecular weight is 311 g/mol. The van der Waals surface area contributed by atoms with E-state index in [1.165, 1.54) is 25.7 Å². The normalized spacial score (nSPS) is 16.5. The van der Waals surface area contributed by atoms with Crippen molar-refractivity contribution in [2.75, 3.05) is 6.54 Å². The Morgan fingerprint density at radius 1 is 1.29 bits per heavy atom. The highest BCUT2D eigenvalue weighted by molar-refractivity contribution is 7.89. The van der Waals surface area contributed by atoms with Crippen LogP contribution in [0.3, 0.4) is 0 Å². The fourth-order valence-electron chi connectivity index (χ4n) is 3.01. The largest absolute Gasteiger partial charge is 0.392 e. The minimum atomic E-state index is -3.49. The Bertz CT molecular complexity index is 563. The quantitative estimate of drug-likeness (QED) is 0.813. The number of aliphatic hydroxyl groups excluding tert-OH is 1. The van der Waals surface area contributed by atoms with Gasteiger partial charge in [0.2, 0.25) is 10.0 Å². The third-order valence-electron chi connectivity index (χ3n) is 4.30. The SMILES string of the molecule is CCc1ccc(CO)cc1S(=O)(=O)NCCC1CCCC1. The van der Waals surface area contributed by atoms with Gasteiger partial charge in [-0.15, -0.1) is 0 Å². The Kier molecular flexibility index (Phi) is 5.79. The Labute approximate surface area is 127 Å². The summed E-state index contributed by atoms with van der Waals surface area (Å²) in [5, 5.41) is 9.20. The molecule has 0 atom stereocenters. The number of hydrogen-bond acceptors (Lipinski definition) is 3. The predicted octanol–water partition coefficient (Wildman–Crippen LogP) is 2.60. The molecule has 21 heavy (non-hydrogen) atoms. The monoisotopic (exact) mass is 311 g/mol. The van der Waals surface area contributed by atoms with Crippen LogP contribution in [0.5, 0.6) is 0 Å². The highest BCUT2D eigenvalue weighted by Gasteiger charge is 2.20. The predicted molar refractivity (Wildman–Crippen MR) is 83.5 cm³/mol. The van der Waals surface area contributed by atoms with Crippen molar-refractivity contribution in [3.05, 3.63) is 29.3 Å². The summed E-state index contributed by atoms with van der Waals surface area (Å²) in [6, 6.07) is 5.14. The minimum absolute atomic E-state index is 0.144. The second-order valence-electron chi connectivity index (χ2n) is 5.79. The van der Waals surface area contributed by atoms with Gasteiger partial charge in [0.1, 0.15) is 0 Å². The molecule has 0 aliphatic heterocycles. The fourth-order valence-corrected chi connectivity index (χ4v) is 4.42. The van der Waals surface area contributed by atoms with Gasteiger partial charge in [0.15, 0.2) is 0 Å². The first-order valence-electron chi connectivity index (χ1n) is 7.79. The number of aryl methyl sites for hydroxylation is 1. The molecule has 0 heterocycles. The molecule has 0 radical (unpaired) electrons. The highest BCUT2D eigenvalue weighted by Crippen LogP contribution is 2.27. The second-order valence-corrected chi connectivity index (χ2v) is 7.53. The molecule has 0 bridgehead atoms. The van der Waals surface area contributed by atoms with E-state index in [4.69, 9.17) is 0 Å². The molecular formula is C16H25NO3S. The summed E-state index contributed by atoms with van der Waals surface area (Å²) in [5.74, 6) is 0.669. The van der Waals surface area contributed by atoms with Crippen molar-refractivity contribution in [2.45, 2.75) is 57.0 Å². The zero-order chi connectivity index (χ0) is 15.3. The van der Waals surface area contributed by atoms with Gasteiger partial charge in [-0.1, -0.05) is 44.7 Å². The molecule has 2 rings (SSSR count). The maximum absolute atomic E-state index is 12.5. The molecule has 1 fully saturated rings. The first kappa shape index (κ1) is 16.5. The first-order valence-corrected chi connectivity index (χ1v) is 9.27. The minimum Gasteiger partial charge on any atom is -0.392 e.